The summed E-state index contributed by atoms with van der Waals surface area (Å²) in [4.78, 5) is 41.6. The molecule has 0 aliphatic carbocycles. The summed E-state index contributed by atoms with van der Waals surface area (Å²) in [6.07, 6.45) is 2.93. The number of hydrogen-bond acceptors (Lipinski definition) is 6. The molecule has 3 rings (SSSR count). The fourth-order valence-electron chi connectivity index (χ4n) is 5.16. The average molecular weight is 503 g/mol. The molecule has 0 radical (unpaired) electrons. The monoisotopic (exact) mass is 502 g/mol. The highest BCUT2D eigenvalue weighted by Gasteiger charge is 2.41. The van der Waals surface area contributed by atoms with Gasteiger partial charge in [-0.15, -0.1) is 0 Å². The van der Waals surface area contributed by atoms with Gasteiger partial charge in [0.15, 0.2) is 0 Å². The number of nitrogens with one attached hydrogen (secondary N) is 1. The number of carbonyl (C=O) groups excluding carboxylic acids is 3. The fourth-order valence-corrected chi connectivity index (χ4v) is 5.16. The smallest absolute Gasteiger partial charge is 0.329 e. The van der Waals surface area contributed by atoms with E-state index in [1.165, 1.54) is 0 Å². The molecule has 7 atom stereocenters. The maximum Gasteiger partial charge on any atom is 0.329 e. The number of nitrogens with zero attached hydrogens (tertiary/aromatic N) is 1. The predicted molar refractivity (Wildman–Crippen MR) is 136 cm³/mol. The molecule has 2 aliphatic rings. The molecule has 0 saturated carbocycles. The zero-order chi connectivity index (χ0) is 26.2. The largest absolute Gasteiger partial charge is 0.460 e. The highest BCUT2D eigenvalue weighted by atomic mass is 16.5. The minimum atomic E-state index is -1.02. The maximum atomic E-state index is 13.6. The number of aliphatic hydroxyl groups is 2. The zero-order valence-electron chi connectivity index (χ0n) is 21.8. The number of hydrogen-bond donors (Lipinski definition) is 3. The lowest BCUT2D eigenvalue weighted by molar-refractivity contribution is -0.163. The standard InChI is InChI=1S/C28H42N2O6/c1-18(10-7-8-11-19(2)31)25-17-24(32)20(3)26(33)29-22(16-21-12-5-4-6-13-21)27(34)30-15-9-14-23(30)28(35)36-25/h4-6,12-13,18-20,22-25,31-32H,7-11,14-17H2,1-3H3,(H,29,33)/t18?,19?,20?,22-,23+,24?,25?/m1/s1. The van der Waals surface area contributed by atoms with Crippen LogP contribution >= 0.6 is 0 Å². The zero-order valence-corrected chi connectivity index (χ0v) is 21.8. The first kappa shape index (κ1) is 28.1. The molecule has 8 nitrogen and oxygen atoms in total. The second-order valence-corrected chi connectivity index (χ2v) is 10.6. The summed E-state index contributed by atoms with van der Waals surface area (Å²) in [7, 11) is 0. The number of fused-ring (bicyclic) bond motifs is 1. The van der Waals surface area contributed by atoms with Gasteiger partial charge in [0.25, 0.3) is 0 Å². The molecule has 2 fully saturated rings. The topological polar surface area (TPSA) is 116 Å². The van der Waals surface area contributed by atoms with Crippen LogP contribution in [0.5, 0.6) is 0 Å². The summed E-state index contributed by atoms with van der Waals surface area (Å²) in [5, 5.41) is 23.3. The van der Waals surface area contributed by atoms with Gasteiger partial charge in [0.05, 0.1) is 18.1 Å². The summed E-state index contributed by atoms with van der Waals surface area (Å²) in [6.45, 7) is 5.83. The Bertz CT molecular complexity index is 876. The number of unbranched alkanes of at least 4 members (excludes halogenated alkanes) is 1. The Morgan fingerprint density at radius 1 is 1.11 bits per heavy atom. The molecule has 5 unspecified atom stereocenters. The summed E-state index contributed by atoms with van der Waals surface area (Å²) >= 11 is 0. The Morgan fingerprint density at radius 3 is 2.50 bits per heavy atom. The van der Waals surface area contributed by atoms with Crippen LogP contribution in [0.15, 0.2) is 30.3 Å². The van der Waals surface area contributed by atoms with Crippen molar-refractivity contribution >= 4 is 17.8 Å². The van der Waals surface area contributed by atoms with Crippen molar-refractivity contribution in [3.63, 3.8) is 0 Å². The summed E-state index contributed by atoms with van der Waals surface area (Å²) in [5.74, 6) is -1.92. The van der Waals surface area contributed by atoms with Crippen molar-refractivity contribution in [2.45, 2.75) is 103 Å². The molecular formula is C28H42N2O6. The lowest BCUT2D eigenvalue weighted by Crippen LogP contribution is -2.55. The normalized spacial score (nSPS) is 29.4. The van der Waals surface area contributed by atoms with Crippen molar-refractivity contribution in [3.05, 3.63) is 35.9 Å². The van der Waals surface area contributed by atoms with Crippen LogP contribution in [0, 0.1) is 11.8 Å². The van der Waals surface area contributed by atoms with Crippen molar-refractivity contribution in [1.82, 2.24) is 10.2 Å². The first-order valence-electron chi connectivity index (χ1n) is 13.4. The fraction of sp³-hybridized carbons (Fsp3) is 0.679. The quantitative estimate of drug-likeness (QED) is 0.372. The number of esters is 1. The van der Waals surface area contributed by atoms with Crippen molar-refractivity contribution in [3.8, 4) is 0 Å². The highest BCUT2D eigenvalue weighted by molar-refractivity contribution is 5.92. The molecule has 0 aromatic heterocycles. The molecule has 200 valence electrons. The lowest BCUT2D eigenvalue weighted by Gasteiger charge is -2.34. The Labute approximate surface area is 214 Å². The third-order valence-corrected chi connectivity index (χ3v) is 7.60. The van der Waals surface area contributed by atoms with Crippen LogP contribution in [0.1, 0.15) is 71.3 Å². The van der Waals surface area contributed by atoms with Crippen LogP contribution in [0.3, 0.4) is 0 Å². The van der Waals surface area contributed by atoms with Gasteiger partial charge in [0, 0.05) is 19.4 Å². The van der Waals surface area contributed by atoms with Gasteiger partial charge in [-0.2, -0.15) is 0 Å². The van der Waals surface area contributed by atoms with E-state index in [1.807, 2.05) is 37.3 Å². The maximum absolute atomic E-state index is 13.6. The summed E-state index contributed by atoms with van der Waals surface area (Å²) in [6, 6.07) is 7.93. The average Bonchev–Trinajstić information content (AvgIpc) is 3.34. The van der Waals surface area contributed by atoms with Crippen molar-refractivity contribution in [2.75, 3.05) is 6.54 Å². The van der Waals surface area contributed by atoms with Crippen LogP contribution in [0.2, 0.25) is 0 Å². The third kappa shape index (κ3) is 7.53. The molecule has 2 amide bonds. The van der Waals surface area contributed by atoms with E-state index in [9.17, 15) is 24.6 Å². The molecule has 2 heterocycles. The van der Waals surface area contributed by atoms with E-state index in [0.717, 1.165) is 24.8 Å². The van der Waals surface area contributed by atoms with Gasteiger partial charge in [0.1, 0.15) is 18.2 Å². The van der Waals surface area contributed by atoms with Crippen molar-refractivity contribution < 1.29 is 29.3 Å². The number of amides is 2. The Kier molecular flexibility index (Phi) is 10.3. The van der Waals surface area contributed by atoms with Crippen LogP contribution in [-0.4, -0.2) is 69.8 Å². The second kappa shape index (κ2) is 13.2. The summed E-state index contributed by atoms with van der Waals surface area (Å²) < 4.78 is 5.96. The molecule has 1 aromatic carbocycles. The molecule has 2 saturated heterocycles. The molecule has 1 aromatic rings. The van der Waals surface area contributed by atoms with Crippen molar-refractivity contribution in [2.24, 2.45) is 11.8 Å². The third-order valence-electron chi connectivity index (χ3n) is 7.60. The number of aliphatic hydroxyl groups excluding tert-OH is 2. The van der Waals surface area contributed by atoms with E-state index < -0.39 is 36.2 Å². The number of cyclic esters (lactones) is 1. The van der Waals surface area contributed by atoms with Crippen LogP contribution in [0.4, 0.5) is 0 Å². The van der Waals surface area contributed by atoms with Gasteiger partial charge < -0.3 is 25.2 Å². The van der Waals surface area contributed by atoms with Gasteiger partial charge >= 0.3 is 5.97 Å². The van der Waals surface area contributed by atoms with Gasteiger partial charge in [-0.25, -0.2) is 4.79 Å². The van der Waals surface area contributed by atoms with Crippen LogP contribution in [-0.2, 0) is 25.5 Å². The SMILES string of the molecule is CC(O)CCCCC(C)C1CC(O)C(C)C(=O)N[C@H](Cc2ccccc2)C(=O)N2CCC[C@H]2C(=O)O1. The Hall–Kier alpha value is -2.45. The van der Waals surface area contributed by atoms with E-state index in [1.54, 1.807) is 18.7 Å². The van der Waals surface area contributed by atoms with E-state index in [2.05, 4.69) is 5.32 Å². The van der Waals surface area contributed by atoms with E-state index in [-0.39, 0.29) is 30.3 Å². The van der Waals surface area contributed by atoms with Crippen LogP contribution < -0.4 is 5.32 Å². The van der Waals surface area contributed by atoms with E-state index in [4.69, 9.17) is 4.74 Å². The Balaban J connectivity index is 1.80. The molecule has 0 spiro atoms. The number of carbonyl (C=O) groups is 3. The van der Waals surface area contributed by atoms with Crippen LogP contribution in [0.25, 0.3) is 0 Å². The minimum Gasteiger partial charge on any atom is -0.460 e. The minimum absolute atomic E-state index is 0.0350. The second-order valence-electron chi connectivity index (χ2n) is 10.6. The first-order valence-corrected chi connectivity index (χ1v) is 13.4. The number of ether oxygens (including phenoxy) is 1. The number of benzene rings is 1. The van der Waals surface area contributed by atoms with Gasteiger partial charge in [-0.05, 0) is 44.1 Å². The van der Waals surface area contributed by atoms with Gasteiger partial charge in [-0.3, -0.25) is 9.59 Å². The molecule has 36 heavy (non-hydrogen) atoms. The first-order chi connectivity index (χ1) is 17.2. The molecule has 8 heteroatoms. The molecule has 0 bridgehead atoms. The molecular weight excluding hydrogens is 460 g/mol. The van der Waals surface area contributed by atoms with E-state index >= 15 is 0 Å². The predicted octanol–water partition coefficient (Wildman–Crippen LogP) is 2.59. The van der Waals surface area contributed by atoms with Gasteiger partial charge in [-0.1, -0.05) is 57.0 Å². The highest BCUT2D eigenvalue weighted by Crippen LogP contribution is 2.27. The van der Waals surface area contributed by atoms with E-state index in [0.29, 0.717) is 32.2 Å². The Morgan fingerprint density at radius 2 is 1.81 bits per heavy atom. The van der Waals surface area contributed by atoms with Gasteiger partial charge in [0.2, 0.25) is 11.8 Å². The number of rotatable bonds is 8. The lowest BCUT2D eigenvalue weighted by atomic mass is 9.89. The van der Waals surface area contributed by atoms with Crippen molar-refractivity contribution in [1.29, 1.82) is 0 Å². The summed E-state index contributed by atoms with van der Waals surface area (Å²) in [5.41, 5.74) is 0.902. The molecule has 3 N–H and O–H groups in total. The molecule has 2 aliphatic heterocycles.